The molecular weight excluding hydrogens is 825 g/mol. The Bertz CT molecular complexity index is 4030. The first-order valence-electron chi connectivity index (χ1n) is 23.4. The number of nitrogens with zero attached hydrogens (tertiary/aromatic N) is 2. The predicted octanol–water partition coefficient (Wildman–Crippen LogP) is 17.3. The largest absolute Gasteiger partial charge is 0.455 e. The summed E-state index contributed by atoms with van der Waals surface area (Å²) in [4.78, 5) is 2.42. The van der Waals surface area contributed by atoms with Crippen molar-refractivity contribution in [2.45, 2.75) is 5.41 Å². The molecule has 0 saturated heterocycles. The molecule has 1 aliphatic carbocycles. The molecule has 14 rings (SSSR count). The molecule has 3 nitrogen and oxygen atoms in total. The Labute approximate surface area is 394 Å². The lowest BCUT2D eigenvalue weighted by molar-refractivity contribution is 0.672. The fourth-order valence-electron chi connectivity index (χ4n) is 11.5. The van der Waals surface area contributed by atoms with Crippen LogP contribution in [0.1, 0.15) is 22.3 Å². The molecule has 2 aromatic heterocycles. The molecule has 0 amide bonds. The van der Waals surface area contributed by atoms with Gasteiger partial charge in [-0.2, -0.15) is 0 Å². The Hall–Kier alpha value is -8.92. The van der Waals surface area contributed by atoms with Crippen molar-refractivity contribution in [2.24, 2.45) is 0 Å². The second kappa shape index (κ2) is 15.1. The van der Waals surface area contributed by atoms with E-state index in [9.17, 15) is 0 Å². The van der Waals surface area contributed by atoms with Gasteiger partial charge in [0.25, 0.3) is 0 Å². The summed E-state index contributed by atoms with van der Waals surface area (Å²) in [6.07, 6.45) is 0. The minimum absolute atomic E-state index is 0.536. The molecule has 0 spiro atoms. The number of hydrogen-bond acceptors (Lipinski definition) is 2. The molecule has 11 aromatic carbocycles. The van der Waals surface area contributed by atoms with Crippen LogP contribution >= 0.6 is 0 Å². The minimum Gasteiger partial charge on any atom is -0.455 e. The maximum Gasteiger partial charge on any atom is 0.143 e. The van der Waals surface area contributed by atoms with E-state index in [1.807, 2.05) is 6.07 Å². The Morgan fingerprint density at radius 1 is 0.353 bits per heavy atom. The zero-order chi connectivity index (χ0) is 44.8. The van der Waals surface area contributed by atoms with E-state index in [2.05, 4.69) is 258 Å². The van der Waals surface area contributed by atoms with Crippen LogP contribution in [0.5, 0.6) is 0 Å². The number of fused-ring (bicyclic) bond motifs is 11. The van der Waals surface area contributed by atoms with Gasteiger partial charge in [-0.3, -0.25) is 0 Å². The number of hydrogen-bond donors (Lipinski definition) is 0. The van der Waals surface area contributed by atoms with Crippen molar-refractivity contribution in [3.63, 3.8) is 0 Å². The van der Waals surface area contributed by atoms with Crippen molar-refractivity contribution in [2.75, 3.05) is 4.90 Å². The van der Waals surface area contributed by atoms with E-state index in [0.29, 0.717) is 0 Å². The summed E-state index contributed by atoms with van der Waals surface area (Å²) < 4.78 is 9.03. The van der Waals surface area contributed by atoms with E-state index >= 15 is 0 Å². The summed E-state index contributed by atoms with van der Waals surface area (Å²) in [7, 11) is 0. The van der Waals surface area contributed by atoms with Gasteiger partial charge in [0.2, 0.25) is 0 Å². The number of para-hydroxylation sites is 3. The van der Waals surface area contributed by atoms with E-state index in [0.717, 1.165) is 61.0 Å². The summed E-state index contributed by atoms with van der Waals surface area (Å²) >= 11 is 0. The van der Waals surface area contributed by atoms with E-state index in [1.165, 1.54) is 60.8 Å². The lowest BCUT2D eigenvalue weighted by Gasteiger charge is -2.35. The highest BCUT2D eigenvalue weighted by Crippen LogP contribution is 2.57. The maximum absolute atomic E-state index is 6.66. The van der Waals surface area contributed by atoms with Crippen molar-refractivity contribution < 1.29 is 4.42 Å². The van der Waals surface area contributed by atoms with Crippen LogP contribution in [-0.2, 0) is 5.41 Å². The fraction of sp³-hybridized carbons (Fsp3) is 0.0154. The van der Waals surface area contributed by atoms with E-state index in [-0.39, 0.29) is 0 Å². The van der Waals surface area contributed by atoms with Gasteiger partial charge in [0, 0.05) is 49.7 Å². The summed E-state index contributed by atoms with van der Waals surface area (Å²) in [5.74, 6) is 0. The molecule has 2 heterocycles. The molecular formula is C65H42N2O. The van der Waals surface area contributed by atoms with Crippen molar-refractivity contribution in [1.29, 1.82) is 0 Å². The smallest absolute Gasteiger partial charge is 0.143 e. The fourth-order valence-corrected chi connectivity index (χ4v) is 11.5. The van der Waals surface area contributed by atoms with E-state index < -0.39 is 5.41 Å². The molecule has 0 N–H and O–H groups in total. The van der Waals surface area contributed by atoms with Gasteiger partial charge in [-0.1, -0.05) is 176 Å². The van der Waals surface area contributed by atoms with Gasteiger partial charge in [0.05, 0.1) is 16.4 Å². The molecule has 13 aromatic rings. The monoisotopic (exact) mass is 866 g/mol. The zero-order valence-electron chi connectivity index (χ0n) is 37.1. The van der Waals surface area contributed by atoms with Gasteiger partial charge in [0.15, 0.2) is 0 Å². The first kappa shape index (κ1) is 38.4. The summed E-state index contributed by atoms with van der Waals surface area (Å²) in [6.45, 7) is 0. The standard InChI is InChI=1S/C65H42N2O/c1-4-16-46(17-5-1)65(47-18-6-2-7-19-47)59-25-13-10-22-52(59)53-38-36-51(42-60(53)65)66(50-35-30-44-31-37-56-55-24-12-15-27-63(55)68-64(56)57(44)41-50)49-33-28-43(29-34-49)45-32-39-62-58(40-45)54-23-11-14-26-61(54)67(62)48-20-8-3-9-21-48/h1-42H. The number of rotatable bonds is 7. The number of furan rings is 1. The van der Waals surface area contributed by atoms with Crippen LogP contribution in [0.4, 0.5) is 17.1 Å². The molecule has 3 heteroatoms. The highest BCUT2D eigenvalue weighted by atomic mass is 16.3. The molecule has 0 atom stereocenters. The van der Waals surface area contributed by atoms with Gasteiger partial charge < -0.3 is 13.9 Å². The lowest BCUT2D eigenvalue weighted by atomic mass is 9.67. The normalized spacial score (nSPS) is 12.8. The summed E-state index contributed by atoms with van der Waals surface area (Å²) in [6, 6.07) is 93.1. The van der Waals surface area contributed by atoms with Crippen LogP contribution in [0.25, 0.3) is 82.5 Å². The molecule has 0 bridgehead atoms. The van der Waals surface area contributed by atoms with Crippen molar-refractivity contribution >= 4 is 71.6 Å². The third-order valence-corrected chi connectivity index (χ3v) is 14.4. The second-order valence-corrected chi connectivity index (χ2v) is 18.0. The summed E-state index contributed by atoms with van der Waals surface area (Å²) in [5.41, 5.74) is 17.9. The maximum atomic E-state index is 6.66. The Kier molecular flexibility index (Phi) is 8.50. The molecule has 68 heavy (non-hydrogen) atoms. The van der Waals surface area contributed by atoms with E-state index in [1.54, 1.807) is 0 Å². The molecule has 0 radical (unpaired) electrons. The topological polar surface area (TPSA) is 21.3 Å². The van der Waals surface area contributed by atoms with Crippen LogP contribution in [0.2, 0.25) is 0 Å². The van der Waals surface area contributed by atoms with Gasteiger partial charge in [0.1, 0.15) is 11.2 Å². The Morgan fingerprint density at radius 3 is 1.74 bits per heavy atom. The predicted molar refractivity (Wildman–Crippen MR) is 283 cm³/mol. The molecule has 1 aliphatic rings. The highest BCUT2D eigenvalue weighted by molar-refractivity contribution is 6.16. The van der Waals surface area contributed by atoms with Gasteiger partial charge in [-0.25, -0.2) is 0 Å². The third kappa shape index (κ3) is 5.66. The lowest BCUT2D eigenvalue weighted by Crippen LogP contribution is -2.28. The van der Waals surface area contributed by atoms with Gasteiger partial charge >= 0.3 is 0 Å². The van der Waals surface area contributed by atoms with Crippen molar-refractivity contribution in [1.82, 2.24) is 4.57 Å². The molecule has 0 aliphatic heterocycles. The van der Waals surface area contributed by atoms with Crippen LogP contribution in [-0.4, -0.2) is 4.57 Å². The van der Waals surface area contributed by atoms with Crippen LogP contribution in [0.15, 0.2) is 259 Å². The number of benzene rings is 11. The molecule has 0 saturated carbocycles. The average molecular weight is 867 g/mol. The molecule has 0 unspecified atom stereocenters. The SMILES string of the molecule is c1ccc(-n2c3ccccc3c3cc(-c4ccc(N(c5ccc6c(c5)C(c5ccccc5)(c5ccccc5)c5ccccc5-6)c5ccc6ccc7c8ccccc8oc7c6c5)cc4)ccc32)cc1. The van der Waals surface area contributed by atoms with Crippen LogP contribution < -0.4 is 4.90 Å². The zero-order valence-corrected chi connectivity index (χ0v) is 37.1. The molecule has 0 fully saturated rings. The third-order valence-electron chi connectivity index (χ3n) is 14.4. The Balaban J connectivity index is 0.968. The summed E-state index contributed by atoms with van der Waals surface area (Å²) in [5, 5.41) is 6.94. The van der Waals surface area contributed by atoms with Crippen LogP contribution in [0, 0.1) is 0 Å². The first-order valence-corrected chi connectivity index (χ1v) is 23.4. The van der Waals surface area contributed by atoms with Gasteiger partial charge in [-0.05, 0) is 129 Å². The minimum atomic E-state index is -0.536. The second-order valence-electron chi connectivity index (χ2n) is 18.0. The van der Waals surface area contributed by atoms with Crippen molar-refractivity contribution in [3.05, 3.63) is 277 Å². The number of anilines is 3. The van der Waals surface area contributed by atoms with Gasteiger partial charge in [-0.15, -0.1) is 0 Å². The first-order chi connectivity index (χ1) is 33.7. The van der Waals surface area contributed by atoms with E-state index in [4.69, 9.17) is 4.42 Å². The quantitative estimate of drug-likeness (QED) is 0.159. The molecule has 318 valence electrons. The highest BCUT2D eigenvalue weighted by Gasteiger charge is 2.46. The number of aromatic nitrogens is 1. The van der Waals surface area contributed by atoms with Crippen LogP contribution in [0.3, 0.4) is 0 Å². The Morgan fingerprint density at radius 2 is 0.941 bits per heavy atom. The average Bonchev–Trinajstić information content (AvgIpc) is 4.06. The van der Waals surface area contributed by atoms with Crippen molar-refractivity contribution in [3.8, 4) is 27.9 Å².